The minimum absolute atomic E-state index is 0.121. The Balaban J connectivity index is 2.27. The van der Waals surface area contributed by atoms with Crippen molar-refractivity contribution in [1.29, 1.82) is 0 Å². The van der Waals surface area contributed by atoms with Crippen LogP contribution in [0.15, 0.2) is 0 Å². The second kappa shape index (κ2) is 7.59. The van der Waals surface area contributed by atoms with Gasteiger partial charge in [0.05, 0.1) is 12.6 Å². The second-order valence-corrected chi connectivity index (χ2v) is 5.73. The van der Waals surface area contributed by atoms with Crippen LogP contribution >= 0.6 is 0 Å². The molecule has 1 aliphatic rings. The summed E-state index contributed by atoms with van der Waals surface area (Å²) in [5, 5.41) is 12.1. The first-order valence-electron chi connectivity index (χ1n) is 7.23. The van der Waals surface area contributed by atoms with Crippen LogP contribution in [0.3, 0.4) is 0 Å². The molecule has 0 saturated carbocycles. The zero-order valence-electron chi connectivity index (χ0n) is 12.6. The molecular formula is C14H26N2O4. The molecule has 1 rings (SSSR count). The third-order valence-electron chi connectivity index (χ3n) is 3.68. The first-order chi connectivity index (χ1) is 9.36. The van der Waals surface area contributed by atoms with Crippen LogP contribution in [0.2, 0.25) is 0 Å². The van der Waals surface area contributed by atoms with Crippen molar-refractivity contribution < 1.29 is 19.4 Å². The van der Waals surface area contributed by atoms with Crippen LogP contribution in [0, 0.1) is 0 Å². The molecule has 6 heteroatoms. The number of ether oxygens (including phenoxy) is 1. The van der Waals surface area contributed by atoms with Gasteiger partial charge in [-0.2, -0.15) is 0 Å². The van der Waals surface area contributed by atoms with Crippen molar-refractivity contribution in [2.45, 2.75) is 51.7 Å². The number of carboxylic acid groups (broad SMARTS) is 1. The van der Waals surface area contributed by atoms with Crippen molar-refractivity contribution in [2.24, 2.45) is 0 Å². The van der Waals surface area contributed by atoms with Crippen molar-refractivity contribution in [2.75, 3.05) is 26.2 Å². The van der Waals surface area contributed by atoms with Gasteiger partial charge < -0.3 is 15.2 Å². The second-order valence-electron chi connectivity index (χ2n) is 5.73. The van der Waals surface area contributed by atoms with E-state index in [1.807, 2.05) is 13.8 Å². The molecule has 116 valence electrons. The van der Waals surface area contributed by atoms with Gasteiger partial charge >= 0.3 is 5.97 Å². The summed E-state index contributed by atoms with van der Waals surface area (Å²) in [4.78, 5) is 24.9. The summed E-state index contributed by atoms with van der Waals surface area (Å²) in [7, 11) is 0. The number of carbonyl (C=O) groups excluding carboxylic acids is 1. The lowest BCUT2D eigenvalue weighted by Crippen LogP contribution is -2.51. The van der Waals surface area contributed by atoms with Gasteiger partial charge in [0.25, 0.3) is 0 Å². The number of hydrogen-bond donors (Lipinski definition) is 2. The van der Waals surface area contributed by atoms with E-state index in [0.717, 1.165) is 12.8 Å². The van der Waals surface area contributed by atoms with Crippen LogP contribution < -0.4 is 5.32 Å². The van der Waals surface area contributed by atoms with Crippen molar-refractivity contribution in [3.8, 4) is 0 Å². The van der Waals surface area contributed by atoms with E-state index in [-0.39, 0.29) is 18.6 Å². The third kappa shape index (κ3) is 4.76. The van der Waals surface area contributed by atoms with Crippen molar-refractivity contribution >= 4 is 11.9 Å². The number of rotatable bonds is 8. The number of nitrogens with one attached hydrogen (secondary N) is 1. The molecule has 1 saturated heterocycles. The van der Waals surface area contributed by atoms with Crippen LogP contribution in [0.4, 0.5) is 0 Å². The SMILES string of the molecule is CC(C)OCCCNC(=O)CN1CCCC1(C)C(=O)O. The van der Waals surface area contributed by atoms with E-state index in [0.29, 0.717) is 26.1 Å². The topological polar surface area (TPSA) is 78.9 Å². The Morgan fingerprint density at radius 2 is 2.15 bits per heavy atom. The van der Waals surface area contributed by atoms with Gasteiger partial charge in [-0.3, -0.25) is 14.5 Å². The van der Waals surface area contributed by atoms with E-state index in [1.54, 1.807) is 11.8 Å². The highest BCUT2D eigenvalue weighted by molar-refractivity contribution is 5.82. The number of carbonyl (C=O) groups is 2. The molecule has 1 fully saturated rings. The number of likely N-dealkylation sites (tertiary alicyclic amines) is 1. The fraction of sp³-hybridized carbons (Fsp3) is 0.857. The average molecular weight is 286 g/mol. The number of nitrogens with zero attached hydrogens (tertiary/aromatic N) is 1. The normalized spacial score (nSPS) is 23.2. The quantitative estimate of drug-likeness (QED) is 0.647. The van der Waals surface area contributed by atoms with Crippen molar-refractivity contribution in [3.63, 3.8) is 0 Å². The van der Waals surface area contributed by atoms with Gasteiger partial charge in [0, 0.05) is 13.2 Å². The van der Waals surface area contributed by atoms with Crippen molar-refractivity contribution in [3.05, 3.63) is 0 Å². The molecule has 1 aliphatic heterocycles. The van der Waals surface area contributed by atoms with E-state index < -0.39 is 11.5 Å². The maximum atomic E-state index is 11.8. The van der Waals surface area contributed by atoms with Gasteiger partial charge in [0.1, 0.15) is 5.54 Å². The zero-order chi connectivity index (χ0) is 15.2. The summed E-state index contributed by atoms with van der Waals surface area (Å²) in [5.74, 6) is -0.975. The molecule has 1 amide bonds. The summed E-state index contributed by atoms with van der Waals surface area (Å²) in [6.07, 6.45) is 2.38. The molecule has 0 aromatic carbocycles. The summed E-state index contributed by atoms with van der Waals surface area (Å²) in [6.45, 7) is 7.61. The smallest absolute Gasteiger partial charge is 0.323 e. The van der Waals surface area contributed by atoms with Crippen LogP contribution in [0.25, 0.3) is 0 Å². The van der Waals surface area contributed by atoms with E-state index >= 15 is 0 Å². The molecule has 0 aliphatic carbocycles. The summed E-state index contributed by atoms with van der Waals surface area (Å²) < 4.78 is 5.38. The molecule has 0 aromatic rings. The van der Waals surface area contributed by atoms with E-state index in [1.165, 1.54) is 0 Å². The Bertz CT molecular complexity index is 346. The summed E-state index contributed by atoms with van der Waals surface area (Å²) in [6, 6.07) is 0. The predicted octanol–water partition coefficient (Wildman–Crippen LogP) is 0.857. The maximum absolute atomic E-state index is 11.8. The Hall–Kier alpha value is -1.14. The van der Waals surface area contributed by atoms with Gasteiger partial charge in [-0.15, -0.1) is 0 Å². The number of hydrogen-bond acceptors (Lipinski definition) is 4. The molecule has 0 aromatic heterocycles. The first kappa shape index (κ1) is 16.9. The Kier molecular flexibility index (Phi) is 6.42. The van der Waals surface area contributed by atoms with Gasteiger partial charge in [-0.05, 0) is 46.6 Å². The molecule has 20 heavy (non-hydrogen) atoms. The van der Waals surface area contributed by atoms with E-state index in [2.05, 4.69) is 5.32 Å². The lowest BCUT2D eigenvalue weighted by Gasteiger charge is -2.30. The predicted molar refractivity (Wildman–Crippen MR) is 75.6 cm³/mol. The highest BCUT2D eigenvalue weighted by Gasteiger charge is 2.43. The number of carboxylic acids is 1. The standard InChI is InChI=1S/C14H26N2O4/c1-11(2)20-9-5-7-15-12(17)10-16-8-4-6-14(16,3)13(18)19/h11H,4-10H2,1-3H3,(H,15,17)(H,18,19). The largest absolute Gasteiger partial charge is 0.480 e. The molecular weight excluding hydrogens is 260 g/mol. The van der Waals surface area contributed by atoms with Crippen LogP contribution in [0.5, 0.6) is 0 Å². The van der Waals surface area contributed by atoms with E-state index in [9.17, 15) is 14.7 Å². The molecule has 0 bridgehead atoms. The fourth-order valence-corrected chi connectivity index (χ4v) is 2.36. The number of aliphatic carboxylic acids is 1. The summed E-state index contributed by atoms with van der Waals surface area (Å²) >= 11 is 0. The lowest BCUT2D eigenvalue weighted by atomic mass is 9.99. The Morgan fingerprint density at radius 3 is 2.75 bits per heavy atom. The molecule has 2 N–H and O–H groups in total. The average Bonchev–Trinajstić information content (AvgIpc) is 2.71. The molecule has 0 spiro atoms. The van der Waals surface area contributed by atoms with Gasteiger partial charge in [0.2, 0.25) is 5.91 Å². The van der Waals surface area contributed by atoms with Crippen molar-refractivity contribution in [1.82, 2.24) is 10.2 Å². The molecule has 1 unspecified atom stereocenters. The monoisotopic (exact) mass is 286 g/mol. The zero-order valence-corrected chi connectivity index (χ0v) is 12.6. The number of amides is 1. The highest BCUT2D eigenvalue weighted by atomic mass is 16.5. The Morgan fingerprint density at radius 1 is 1.45 bits per heavy atom. The van der Waals surface area contributed by atoms with Gasteiger partial charge in [0.15, 0.2) is 0 Å². The van der Waals surface area contributed by atoms with Gasteiger partial charge in [-0.25, -0.2) is 0 Å². The molecule has 1 heterocycles. The highest BCUT2D eigenvalue weighted by Crippen LogP contribution is 2.28. The van der Waals surface area contributed by atoms with Crippen LogP contribution in [0.1, 0.15) is 40.0 Å². The summed E-state index contributed by atoms with van der Waals surface area (Å²) in [5.41, 5.74) is -0.905. The first-order valence-corrected chi connectivity index (χ1v) is 7.23. The lowest BCUT2D eigenvalue weighted by molar-refractivity contribution is -0.149. The fourth-order valence-electron chi connectivity index (χ4n) is 2.36. The Labute approximate surface area is 120 Å². The molecule has 6 nitrogen and oxygen atoms in total. The van der Waals surface area contributed by atoms with Crippen LogP contribution in [-0.2, 0) is 14.3 Å². The van der Waals surface area contributed by atoms with E-state index in [4.69, 9.17) is 4.74 Å². The minimum Gasteiger partial charge on any atom is -0.480 e. The molecule has 1 atom stereocenters. The third-order valence-corrected chi connectivity index (χ3v) is 3.68. The molecule has 0 radical (unpaired) electrons. The minimum atomic E-state index is -0.905. The van der Waals surface area contributed by atoms with Crippen LogP contribution in [-0.4, -0.2) is 59.8 Å². The maximum Gasteiger partial charge on any atom is 0.323 e. The van der Waals surface area contributed by atoms with Gasteiger partial charge in [-0.1, -0.05) is 0 Å².